The first kappa shape index (κ1) is 15.1. The van der Waals surface area contributed by atoms with Crippen LogP contribution in [0.3, 0.4) is 0 Å². The predicted octanol–water partition coefficient (Wildman–Crippen LogP) is 1.48. The Morgan fingerprint density at radius 1 is 1.21 bits per heavy atom. The van der Waals surface area contributed by atoms with Crippen LogP contribution in [0.5, 0.6) is 0 Å². The van der Waals surface area contributed by atoms with Crippen LogP contribution in [0.15, 0.2) is 0 Å². The Morgan fingerprint density at radius 2 is 2.00 bits per heavy atom. The quantitative estimate of drug-likeness (QED) is 0.827. The smallest absolute Gasteiger partial charge is 0.250 e. The van der Waals surface area contributed by atoms with Crippen molar-refractivity contribution in [3.8, 4) is 0 Å². The number of rotatable bonds is 3. The van der Waals surface area contributed by atoms with Crippen LogP contribution < -0.4 is 10.6 Å². The van der Waals surface area contributed by atoms with Gasteiger partial charge in [0, 0.05) is 19.1 Å². The Bertz CT molecular complexity index is 302. The van der Waals surface area contributed by atoms with Crippen LogP contribution in [0.1, 0.15) is 38.5 Å². The van der Waals surface area contributed by atoms with Gasteiger partial charge in [0.1, 0.15) is 6.10 Å². The fraction of sp³-hybridized carbons (Fsp3) is 0.929. The number of halogens is 1. The molecule has 1 saturated heterocycles. The number of hydrogen-bond acceptors (Lipinski definition) is 3. The molecule has 3 fully saturated rings. The van der Waals surface area contributed by atoms with Gasteiger partial charge in [-0.3, -0.25) is 4.79 Å². The van der Waals surface area contributed by atoms with Crippen LogP contribution in [0.4, 0.5) is 0 Å². The summed E-state index contributed by atoms with van der Waals surface area (Å²) in [6.07, 6.45) is 7.84. The zero-order valence-electron chi connectivity index (χ0n) is 11.4. The number of ether oxygens (including phenoxy) is 1. The summed E-state index contributed by atoms with van der Waals surface area (Å²) in [6.45, 7) is 2.17. The average molecular weight is 289 g/mol. The molecule has 3 unspecified atom stereocenters. The molecule has 0 bridgehead atoms. The van der Waals surface area contributed by atoms with Crippen molar-refractivity contribution in [1.29, 1.82) is 0 Å². The van der Waals surface area contributed by atoms with Gasteiger partial charge < -0.3 is 15.4 Å². The summed E-state index contributed by atoms with van der Waals surface area (Å²) in [5, 5.41) is 6.37. The van der Waals surface area contributed by atoms with Gasteiger partial charge in [-0.05, 0) is 18.3 Å². The lowest BCUT2D eigenvalue weighted by atomic mass is 9.85. The summed E-state index contributed by atoms with van der Waals surface area (Å²) in [4.78, 5) is 12.0. The van der Waals surface area contributed by atoms with Crippen LogP contribution in [0.2, 0.25) is 0 Å². The molecule has 3 rings (SSSR count). The molecule has 5 heteroatoms. The lowest BCUT2D eigenvalue weighted by Gasteiger charge is -2.24. The van der Waals surface area contributed by atoms with Crippen molar-refractivity contribution >= 4 is 18.3 Å². The molecule has 2 aliphatic carbocycles. The Balaban J connectivity index is 0.00000133. The van der Waals surface area contributed by atoms with Crippen LogP contribution in [0.25, 0.3) is 0 Å². The number of hydrogen-bond donors (Lipinski definition) is 2. The van der Waals surface area contributed by atoms with E-state index >= 15 is 0 Å². The van der Waals surface area contributed by atoms with Crippen molar-refractivity contribution in [3.05, 3.63) is 0 Å². The maximum absolute atomic E-state index is 12.0. The number of nitrogens with one attached hydrogen (secondary N) is 2. The SMILES string of the molecule is Cl.O=C(NC1CC1C1CCCCC1)C1CNCCO1. The normalized spacial score (nSPS) is 35.3. The van der Waals surface area contributed by atoms with Crippen molar-refractivity contribution in [2.24, 2.45) is 11.8 Å². The Morgan fingerprint density at radius 3 is 2.68 bits per heavy atom. The van der Waals surface area contributed by atoms with E-state index in [1.807, 2.05) is 0 Å². The Kier molecular flexibility index (Phi) is 5.48. The van der Waals surface area contributed by atoms with Gasteiger partial charge in [-0.1, -0.05) is 32.1 Å². The molecule has 4 nitrogen and oxygen atoms in total. The van der Waals surface area contributed by atoms with Gasteiger partial charge in [0.25, 0.3) is 5.91 Å². The van der Waals surface area contributed by atoms with E-state index in [2.05, 4.69) is 10.6 Å². The van der Waals surface area contributed by atoms with E-state index < -0.39 is 0 Å². The second kappa shape index (κ2) is 6.91. The molecule has 2 N–H and O–H groups in total. The predicted molar refractivity (Wildman–Crippen MR) is 76.5 cm³/mol. The first-order chi connectivity index (χ1) is 8.84. The number of carbonyl (C=O) groups excluding carboxylic acids is 1. The van der Waals surface area contributed by atoms with Gasteiger partial charge in [-0.25, -0.2) is 0 Å². The molecule has 19 heavy (non-hydrogen) atoms. The van der Waals surface area contributed by atoms with E-state index in [-0.39, 0.29) is 24.4 Å². The van der Waals surface area contributed by atoms with E-state index in [0.29, 0.717) is 19.2 Å². The molecule has 3 atom stereocenters. The third-order valence-corrected chi connectivity index (χ3v) is 4.64. The van der Waals surface area contributed by atoms with Crippen molar-refractivity contribution in [1.82, 2.24) is 10.6 Å². The molecule has 0 aromatic rings. The summed E-state index contributed by atoms with van der Waals surface area (Å²) in [5.41, 5.74) is 0. The molecule has 3 aliphatic rings. The van der Waals surface area contributed by atoms with E-state index in [1.54, 1.807) is 0 Å². The Labute approximate surface area is 121 Å². The lowest BCUT2D eigenvalue weighted by molar-refractivity contribution is -0.134. The molecule has 0 aromatic heterocycles. The van der Waals surface area contributed by atoms with E-state index in [0.717, 1.165) is 18.4 Å². The minimum atomic E-state index is -0.272. The second-order valence-corrected chi connectivity index (χ2v) is 5.98. The molecule has 0 radical (unpaired) electrons. The van der Waals surface area contributed by atoms with E-state index in [9.17, 15) is 4.79 Å². The number of carbonyl (C=O) groups is 1. The maximum Gasteiger partial charge on any atom is 0.250 e. The van der Waals surface area contributed by atoms with Gasteiger partial charge in [-0.2, -0.15) is 0 Å². The lowest BCUT2D eigenvalue weighted by Crippen LogP contribution is -2.48. The minimum Gasteiger partial charge on any atom is -0.366 e. The molecule has 2 saturated carbocycles. The van der Waals surface area contributed by atoms with Crippen molar-refractivity contribution < 1.29 is 9.53 Å². The summed E-state index contributed by atoms with van der Waals surface area (Å²) >= 11 is 0. The largest absolute Gasteiger partial charge is 0.366 e. The van der Waals surface area contributed by atoms with Crippen molar-refractivity contribution in [3.63, 3.8) is 0 Å². The van der Waals surface area contributed by atoms with Crippen LogP contribution in [-0.4, -0.2) is 37.7 Å². The summed E-state index contributed by atoms with van der Waals surface area (Å²) < 4.78 is 5.47. The highest BCUT2D eigenvalue weighted by Gasteiger charge is 2.44. The monoisotopic (exact) mass is 288 g/mol. The average Bonchev–Trinajstić information content (AvgIpc) is 3.20. The van der Waals surface area contributed by atoms with Gasteiger partial charge in [0.15, 0.2) is 0 Å². The van der Waals surface area contributed by atoms with Crippen LogP contribution >= 0.6 is 12.4 Å². The summed E-state index contributed by atoms with van der Waals surface area (Å²) in [6, 6.07) is 0.436. The fourth-order valence-corrected chi connectivity index (χ4v) is 3.47. The standard InChI is InChI=1S/C14H24N2O2.ClH/c17-14(13-9-15-6-7-18-13)16-12-8-11(12)10-4-2-1-3-5-10;/h10-13,15H,1-9H2,(H,16,17);1H. The van der Waals surface area contributed by atoms with Gasteiger partial charge in [0.2, 0.25) is 0 Å². The highest BCUT2D eigenvalue weighted by Crippen LogP contribution is 2.44. The Hall–Kier alpha value is -0.320. The zero-order chi connectivity index (χ0) is 12.4. The third-order valence-electron chi connectivity index (χ3n) is 4.64. The highest BCUT2D eigenvalue weighted by molar-refractivity contribution is 5.85. The molecule has 110 valence electrons. The molecule has 0 spiro atoms. The fourth-order valence-electron chi connectivity index (χ4n) is 3.47. The first-order valence-electron chi connectivity index (χ1n) is 7.47. The van der Waals surface area contributed by atoms with Gasteiger partial charge >= 0.3 is 0 Å². The summed E-state index contributed by atoms with van der Waals surface area (Å²) in [7, 11) is 0. The number of morpholine rings is 1. The molecule has 1 heterocycles. The van der Waals surface area contributed by atoms with E-state index in [4.69, 9.17) is 4.74 Å². The topological polar surface area (TPSA) is 50.4 Å². The first-order valence-corrected chi connectivity index (χ1v) is 7.47. The highest BCUT2D eigenvalue weighted by atomic mass is 35.5. The molecular weight excluding hydrogens is 264 g/mol. The molecular formula is C14H25ClN2O2. The zero-order valence-corrected chi connectivity index (χ0v) is 12.2. The number of amides is 1. The minimum absolute atomic E-state index is 0. The van der Waals surface area contributed by atoms with Crippen molar-refractivity contribution in [2.75, 3.05) is 19.7 Å². The summed E-state index contributed by atoms with van der Waals surface area (Å²) in [5.74, 6) is 1.71. The van der Waals surface area contributed by atoms with Gasteiger partial charge in [0.05, 0.1) is 6.61 Å². The molecule has 1 amide bonds. The van der Waals surface area contributed by atoms with Crippen molar-refractivity contribution in [2.45, 2.75) is 50.7 Å². The third kappa shape index (κ3) is 3.83. The molecule has 0 aromatic carbocycles. The van der Waals surface area contributed by atoms with Gasteiger partial charge in [-0.15, -0.1) is 12.4 Å². The second-order valence-electron chi connectivity index (χ2n) is 5.98. The van der Waals surface area contributed by atoms with Crippen LogP contribution in [0, 0.1) is 11.8 Å². The maximum atomic E-state index is 12.0. The van der Waals surface area contributed by atoms with E-state index in [1.165, 1.54) is 38.5 Å². The molecule has 1 aliphatic heterocycles. The van der Waals surface area contributed by atoms with Crippen LogP contribution in [-0.2, 0) is 9.53 Å².